The number of carbonyl (C=O) groups excluding carboxylic acids is 2. The fourth-order valence-electron chi connectivity index (χ4n) is 3.15. The Hall–Kier alpha value is -2.93. The number of aromatic amines is 1. The molecule has 2 N–H and O–H groups in total. The van der Waals surface area contributed by atoms with E-state index in [0.29, 0.717) is 12.1 Å². The van der Waals surface area contributed by atoms with Gasteiger partial charge in [-0.05, 0) is 31.9 Å². The van der Waals surface area contributed by atoms with Crippen LogP contribution in [0.4, 0.5) is 0 Å². The number of nitrogens with zero attached hydrogens (tertiary/aromatic N) is 1. The Morgan fingerprint density at radius 3 is 2.57 bits per heavy atom. The van der Waals surface area contributed by atoms with E-state index in [0.717, 1.165) is 38.1 Å². The Kier molecular flexibility index (Phi) is 5.94. The van der Waals surface area contributed by atoms with E-state index >= 15 is 0 Å². The Morgan fingerprint density at radius 2 is 1.89 bits per heavy atom. The van der Waals surface area contributed by atoms with E-state index in [2.05, 4.69) is 15.3 Å². The van der Waals surface area contributed by atoms with Crippen molar-refractivity contribution >= 4 is 23.2 Å². The number of rotatable bonds is 6. The zero-order chi connectivity index (χ0) is 20.3. The molecule has 0 saturated heterocycles. The number of H-pyrrole nitrogens is 1. The fraction of sp³-hybridized carbons (Fsp3) is 0.286. The molecule has 28 heavy (non-hydrogen) atoms. The van der Waals surface area contributed by atoms with Crippen LogP contribution in [0.15, 0.2) is 30.3 Å². The van der Waals surface area contributed by atoms with Crippen molar-refractivity contribution in [2.24, 2.45) is 0 Å². The van der Waals surface area contributed by atoms with Crippen LogP contribution in [0.1, 0.15) is 37.1 Å². The van der Waals surface area contributed by atoms with Crippen LogP contribution in [0.5, 0.6) is 0 Å². The van der Waals surface area contributed by atoms with Crippen LogP contribution >= 0.6 is 11.3 Å². The van der Waals surface area contributed by atoms with Crippen LogP contribution in [0.2, 0.25) is 0 Å². The smallest absolute Gasteiger partial charge is 0.339 e. The molecule has 3 aromatic rings. The third-order valence-electron chi connectivity index (χ3n) is 4.55. The van der Waals surface area contributed by atoms with E-state index in [4.69, 9.17) is 4.74 Å². The first kappa shape index (κ1) is 19.8. The molecule has 1 amide bonds. The maximum atomic E-state index is 12.3. The van der Waals surface area contributed by atoms with Crippen LogP contribution in [0, 0.1) is 20.8 Å². The lowest BCUT2D eigenvalue weighted by molar-refractivity contribution is -0.120. The van der Waals surface area contributed by atoms with E-state index in [1.807, 2.05) is 51.1 Å². The highest BCUT2D eigenvalue weighted by molar-refractivity contribution is 7.12. The quantitative estimate of drug-likeness (QED) is 0.621. The Labute approximate surface area is 168 Å². The van der Waals surface area contributed by atoms with Crippen molar-refractivity contribution in [2.75, 3.05) is 7.11 Å². The van der Waals surface area contributed by atoms with Crippen LogP contribution in [0.25, 0.3) is 11.4 Å². The Balaban J connectivity index is 1.75. The molecule has 0 unspecified atom stereocenters. The van der Waals surface area contributed by atoms with Gasteiger partial charge in [0.15, 0.2) is 0 Å². The van der Waals surface area contributed by atoms with Crippen molar-refractivity contribution in [1.82, 2.24) is 15.3 Å². The maximum Gasteiger partial charge on any atom is 0.339 e. The number of aromatic nitrogens is 2. The molecule has 0 fully saturated rings. The molecule has 0 saturated carbocycles. The molecule has 1 aromatic carbocycles. The number of esters is 1. The number of hydrogen-bond acceptors (Lipinski definition) is 5. The van der Waals surface area contributed by atoms with Gasteiger partial charge in [-0.15, -0.1) is 11.3 Å². The van der Waals surface area contributed by atoms with Crippen molar-refractivity contribution in [2.45, 2.75) is 33.7 Å². The van der Waals surface area contributed by atoms with Crippen LogP contribution in [-0.2, 0) is 22.5 Å². The molecular weight excluding hydrogens is 374 g/mol. The summed E-state index contributed by atoms with van der Waals surface area (Å²) in [7, 11) is 1.37. The minimum absolute atomic E-state index is 0.0706. The molecule has 0 aliphatic heterocycles. The fourth-order valence-corrected chi connectivity index (χ4v) is 4.09. The minimum atomic E-state index is -0.370. The summed E-state index contributed by atoms with van der Waals surface area (Å²) in [5.74, 6) is -0.440. The largest absolute Gasteiger partial charge is 0.465 e. The maximum absolute atomic E-state index is 12.3. The standard InChI is InChI=1S/C21H23N3O3S/c1-12-18(21(26)27-4)13(2)23-19(12)20-14(3)28-17(24-20)10-16(25)22-11-15-8-6-5-7-9-15/h5-9,23H,10-11H2,1-4H3,(H,22,25). The number of aryl methyl sites for hydroxylation is 2. The monoisotopic (exact) mass is 397 g/mol. The molecule has 6 nitrogen and oxygen atoms in total. The summed E-state index contributed by atoms with van der Waals surface area (Å²) in [5.41, 5.74) is 4.70. The second-order valence-electron chi connectivity index (χ2n) is 6.57. The van der Waals surface area contributed by atoms with E-state index in [9.17, 15) is 9.59 Å². The van der Waals surface area contributed by atoms with Crippen LogP contribution < -0.4 is 5.32 Å². The van der Waals surface area contributed by atoms with Crippen LogP contribution in [-0.4, -0.2) is 29.0 Å². The number of carbonyl (C=O) groups is 2. The van der Waals surface area contributed by atoms with E-state index in [1.54, 1.807) is 0 Å². The number of ether oxygens (including phenoxy) is 1. The third-order valence-corrected chi connectivity index (χ3v) is 5.52. The summed E-state index contributed by atoms with van der Waals surface area (Å²) in [4.78, 5) is 33.2. The molecule has 3 rings (SSSR count). The van der Waals surface area contributed by atoms with Crippen molar-refractivity contribution in [3.63, 3.8) is 0 Å². The molecule has 0 aliphatic carbocycles. The van der Waals surface area contributed by atoms with Gasteiger partial charge in [-0.2, -0.15) is 0 Å². The number of thiazole rings is 1. The van der Waals surface area contributed by atoms with E-state index in [1.165, 1.54) is 18.4 Å². The van der Waals surface area contributed by atoms with Gasteiger partial charge in [0, 0.05) is 17.1 Å². The number of amides is 1. The van der Waals surface area contributed by atoms with Gasteiger partial charge in [-0.1, -0.05) is 30.3 Å². The lowest BCUT2D eigenvalue weighted by Crippen LogP contribution is -2.24. The average molecular weight is 398 g/mol. The second-order valence-corrected chi connectivity index (χ2v) is 7.86. The first-order valence-corrected chi connectivity index (χ1v) is 9.77. The topological polar surface area (TPSA) is 84.1 Å². The van der Waals surface area contributed by atoms with Gasteiger partial charge in [0.2, 0.25) is 5.91 Å². The molecule has 0 radical (unpaired) electrons. The van der Waals surface area contributed by atoms with Gasteiger partial charge in [0.05, 0.1) is 24.8 Å². The SMILES string of the molecule is COC(=O)c1c(C)[nH]c(-c2nc(CC(=O)NCc3ccccc3)sc2C)c1C. The summed E-state index contributed by atoms with van der Waals surface area (Å²) in [6.45, 7) is 6.17. The predicted molar refractivity (Wildman–Crippen MR) is 109 cm³/mol. The third kappa shape index (κ3) is 4.14. The summed E-state index contributed by atoms with van der Waals surface area (Å²) in [6.07, 6.45) is 0.223. The first-order valence-electron chi connectivity index (χ1n) is 8.95. The lowest BCUT2D eigenvalue weighted by Gasteiger charge is -2.03. The van der Waals surface area contributed by atoms with Gasteiger partial charge in [-0.3, -0.25) is 4.79 Å². The predicted octanol–water partition coefficient (Wildman–Crippen LogP) is 3.71. The van der Waals surface area contributed by atoms with Gasteiger partial charge in [0.25, 0.3) is 0 Å². The molecule has 0 bridgehead atoms. The number of nitrogens with one attached hydrogen (secondary N) is 2. The first-order chi connectivity index (χ1) is 13.4. The van der Waals surface area contributed by atoms with E-state index in [-0.39, 0.29) is 18.3 Å². The molecule has 0 atom stereocenters. The number of benzene rings is 1. The van der Waals surface area contributed by atoms with E-state index < -0.39 is 0 Å². The van der Waals surface area contributed by atoms with Crippen molar-refractivity contribution in [3.8, 4) is 11.4 Å². The zero-order valence-corrected chi connectivity index (χ0v) is 17.2. The second kappa shape index (κ2) is 8.39. The molecule has 2 aromatic heterocycles. The van der Waals surface area contributed by atoms with Gasteiger partial charge >= 0.3 is 5.97 Å². The highest BCUT2D eigenvalue weighted by Gasteiger charge is 2.22. The molecule has 0 spiro atoms. The number of methoxy groups -OCH3 is 1. The molecule has 146 valence electrons. The van der Waals surface area contributed by atoms with Crippen molar-refractivity contribution in [3.05, 3.63) is 62.6 Å². The lowest BCUT2D eigenvalue weighted by atomic mass is 10.1. The van der Waals surface area contributed by atoms with Crippen molar-refractivity contribution < 1.29 is 14.3 Å². The van der Waals surface area contributed by atoms with Gasteiger partial charge in [-0.25, -0.2) is 9.78 Å². The van der Waals surface area contributed by atoms with Gasteiger partial charge in [0.1, 0.15) is 10.7 Å². The molecule has 0 aliphatic rings. The highest BCUT2D eigenvalue weighted by Crippen LogP contribution is 2.32. The molecule has 2 heterocycles. The summed E-state index contributed by atoms with van der Waals surface area (Å²) in [6, 6.07) is 9.78. The van der Waals surface area contributed by atoms with Crippen molar-refractivity contribution in [1.29, 1.82) is 0 Å². The highest BCUT2D eigenvalue weighted by atomic mass is 32.1. The normalized spacial score (nSPS) is 10.7. The molecular formula is C21H23N3O3S. The Morgan fingerprint density at radius 1 is 1.18 bits per heavy atom. The summed E-state index contributed by atoms with van der Waals surface area (Å²) >= 11 is 1.49. The summed E-state index contributed by atoms with van der Waals surface area (Å²) in [5, 5.41) is 3.66. The Bertz CT molecular complexity index is 1010. The molecule has 7 heteroatoms. The minimum Gasteiger partial charge on any atom is -0.465 e. The zero-order valence-electron chi connectivity index (χ0n) is 16.4. The van der Waals surface area contributed by atoms with Crippen LogP contribution in [0.3, 0.4) is 0 Å². The summed E-state index contributed by atoms with van der Waals surface area (Å²) < 4.78 is 4.87. The number of hydrogen-bond donors (Lipinski definition) is 2. The average Bonchev–Trinajstić information content (AvgIpc) is 3.18. The van der Waals surface area contributed by atoms with Gasteiger partial charge < -0.3 is 15.0 Å².